The Morgan fingerprint density at radius 3 is 1.88 bits per heavy atom. The summed E-state index contributed by atoms with van der Waals surface area (Å²) < 4.78 is 0. The molecule has 0 amide bonds. The van der Waals surface area contributed by atoms with Gasteiger partial charge in [-0.1, -0.05) is 0 Å². The lowest BCUT2D eigenvalue weighted by Crippen LogP contribution is -2.35. The zero-order chi connectivity index (χ0) is 12.6. The normalized spacial score (nSPS) is 14.1. The maximum atomic E-state index is 11.0. The zero-order valence-corrected chi connectivity index (χ0v) is 8.38. The van der Waals surface area contributed by atoms with Crippen LogP contribution in [0.25, 0.3) is 0 Å². The van der Waals surface area contributed by atoms with Gasteiger partial charge >= 0.3 is 6.17 Å². The highest BCUT2D eigenvalue weighted by atomic mass is 17.0. The third kappa shape index (κ3) is 4.73. The van der Waals surface area contributed by atoms with E-state index >= 15 is 0 Å². The van der Waals surface area contributed by atoms with Crippen LogP contribution in [0.2, 0.25) is 0 Å². The topological polar surface area (TPSA) is 148 Å². The summed E-state index contributed by atoms with van der Waals surface area (Å²) in [7, 11) is 2.11. The molecule has 0 fully saturated rings. The molecule has 0 saturated carbocycles. The van der Waals surface area contributed by atoms with Gasteiger partial charge in [0.05, 0.1) is 0 Å². The van der Waals surface area contributed by atoms with Crippen molar-refractivity contribution in [3.05, 3.63) is 20.5 Å². The van der Waals surface area contributed by atoms with Crippen molar-refractivity contribution < 1.29 is 29.3 Å². The lowest BCUT2D eigenvalue weighted by atomic mass is 10.6. The lowest BCUT2D eigenvalue weighted by molar-refractivity contribution is -0.831. The second-order valence-corrected chi connectivity index (χ2v) is 2.13. The van der Waals surface area contributed by atoms with E-state index in [1.165, 1.54) is 0 Å². The highest BCUT2D eigenvalue weighted by Gasteiger charge is 2.31. The van der Waals surface area contributed by atoms with Crippen LogP contribution in [0, 0.1) is 20.5 Å². The first-order chi connectivity index (χ1) is 7.52. The smallest absolute Gasteiger partial charge is 0.439 e. The molecule has 0 saturated heterocycles. The van der Waals surface area contributed by atoms with Gasteiger partial charge in [-0.3, -0.25) is 4.84 Å². The zero-order valence-electron chi connectivity index (χ0n) is 8.38. The van der Waals surface area contributed by atoms with Gasteiger partial charge in [-0.2, -0.15) is 0 Å². The van der Waals surface area contributed by atoms with Gasteiger partial charge in [0.15, 0.2) is 0 Å². The van der Waals surface area contributed by atoms with Crippen molar-refractivity contribution in [1.29, 1.82) is 0 Å². The molecule has 0 bridgehead atoms. The molecule has 12 heteroatoms. The van der Waals surface area contributed by atoms with Crippen LogP contribution in [0.4, 0.5) is 0 Å². The molecular formula is C4H9N5O7. The monoisotopic (exact) mass is 239 g/mol. The summed E-state index contributed by atoms with van der Waals surface area (Å²) in [6, 6.07) is 0. The van der Waals surface area contributed by atoms with Gasteiger partial charge in [0, 0.05) is 9.72 Å². The van der Waals surface area contributed by atoms with Crippen molar-refractivity contribution in [2.24, 2.45) is 10.6 Å². The van der Waals surface area contributed by atoms with Crippen LogP contribution >= 0.6 is 0 Å². The quantitative estimate of drug-likeness (QED) is 0.192. The Kier molecular flexibility index (Phi) is 5.92. The van der Waals surface area contributed by atoms with Crippen molar-refractivity contribution in [3.8, 4) is 0 Å². The Hall–Kier alpha value is -2.40. The van der Waals surface area contributed by atoms with E-state index in [1.54, 1.807) is 0 Å². The summed E-state index contributed by atoms with van der Waals surface area (Å²) in [5.74, 6) is 0. The van der Waals surface area contributed by atoms with Gasteiger partial charge in [-0.05, 0) is 0 Å². The van der Waals surface area contributed by atoms with E-state index in [4.69, 9.17) is 0 Å². The molecule has 92 valence electrons. The predicted molar refractivity (Wildman–Crippen MR) is 42.9 cm³/mol. The van der Waals surface area contributed by atoms with Gasteiger partial charge in [0.1, 0.15) is 14.2 Å². The minimum absolute atomic E-state index is 0.251. The molecule has 0 heterocycles. The molecule has 0 spiro atoms. The molecule has 0 aliphatic heterocycles. The molecule has 0 aliphatic carbocycles. The maximum Gasteiger partial charge on any atom is 0.439 e. The van der Waals surface area contributed by atoms with Crippen LogP contribution in [0.3, 0.4) is 0 Å². The highest BCUT2D eigenvalue weighted by Crippen LogP contribution is 1.97. The van der Waals surface area contributed by atoms with Crippen LogP contribution < -0.4 is 0 Å². The largest absolute Gasteiger partial charge is 0.592 e. The minimum Gasteiger partial charge on any atom is -0.592 e. The molecule has 0 radical (unpaired) electrons. The first-order valence-electron chi connectivity index (χ1n) is 3.71. The summed E-state index contributed by atoms with van der Waals surface area (Å²) in [4.78, 5) is 21.4. The Labute approximate surface area is 88.5 Å². The van der Waals surface area contributed by atoms with Crippen LogP contribution in [0.5, 0.6) is 0 Å². The molecule has 0 N–H and O–H groups in total. The number of rotatable bonds is 7. The third-order valence-corrected chi connectivity index (χ3v) is 1.16. The van der Waals surface area contributed by atoms with Crippen molar-refractivity contribution in [2.45, 2.75) is 6.17 Å². The fraction of sp³-hybridized carbons (Fsp3) is 1.00. The molecule has 0 atom stereocenters. The van der Waals surface area contributed by atoms with Gasteiger partial charge in [0.25, 0.3) is 5.09 Å². The standard InChI is InChI=1S/C4H9N5O7/c1-14-5-7(10)4(3-16-9(12)13)8(11)6-15-2/h4H,3H2,1-2H3. The average Bonchev–Trinajstić information content (AvgIpc) is 2.18. The van der Waals surface area contributed by atoms with Crippen LogP contribution in [0.1, 0.15) is 0 Å². The average molecular weight is 239 g/mol. The van der Waals surface area contributed by atoms with E-state index in [2.05, 4.69) is 25.1 Å². The molecular weight excluding hydrogens is 230 g/mol. The van der Waals surface area contributed by atoms with Crippen molar-refractivity contribution >= 4 is 0 Å². The van der Waals surface area contributed by atoms with Gasteiger partial charge < -0.3 is 20.1 Å². The van der Waals surface area contributed by atoms with Crippen LogP contribution in [0.15, 0.2) is 10.6 Å². The molecule has 0 aromatic rings. The Bertz CT molecular complexity index is 271. The Morgan fingerprint density at radius 1 is 1.12 bits per heavy atom. The summed E-state index contributed by atoms with van der Waals surface area (Å²) in [6.07, 6.45) is -1.73. The molecule has 0 aromatic heterocycles. The summed E-state index contributed by atoms with van der Waals surface area (Å²) in [6.45, 7) is -0.875. The fourth-order valence-electron chi connectivity index (χ4n) is 0.609. The van der Waals surface area contributed by atoms with Crippen molar-refractivity contribution in [3.63, 3.8) is 0 Å². The SMILES string of the molecule is CON=[N+]([O-])C(CO[N+](=O)[O-])[N+]([O-])=NOC. The maximum absolute atomic E-state index is 11.0. The first kappa shape index (κ1) is 13.6. The molecule has 16 heavy (non-hydrogen) atoms. The second-order valence-electron chi connectivity index (χ2n) is 2.13. The summed E-state index contributed by atoms with van der Waals surface area (Å²) >= 11 is 0. The van der Waals surface area contributed by atoms with E-state index in [0.29, 0.717) is 0 Å². The van der Waals surface area contributed by atoms with E-state index in [1.807, 2.05) is 0 Å². The molecule has 0 unspecified atom stereocenters. The third-order valence-electron chi connectivity index (χ3n) is 1.16. The summed E-state index contributed by atoms with van der Waals surface area (Å²) in [5, 5.41) is 36.4. The molecule has 0 rings (SSSR count). The van der Waals surface area contributed by atoms with Crippen molar-refractivity contribution in [2.75, 3.05) is 20.8 Å². The Balaban J connectivity index is 4.69. The molecule has 0 aromatic carbocycles. The number of hydroxylamine groups is 2. The van der Waals surface area contributed by atoms with Crippen LogP contribution in [-0.2, 0) is 14.5 Å². The molecule has 0 aliphatic rings. The van der Waals surface area contributed by atoms with E-state index < -0.39 is 17.9 Å². The minimum atomic E-state index is -1.73. The van der Waals surface area contributed by atoms with Gasteiger partial charge in [-0.15, -0.1) is 10.1 Å². The Morgan fingerprint density at radius 2 is 1.56 bits per heavy atom. The van der Waals surface area contributed by atoms with E-state index in [9.17, 15) is 20.5 Å². The summed E-state index contributed by atoms with van der Waals surface area (Å²) in [5.41, 5.74) is 0. The second kappa shape index (κ2) is 6.97. The number of nitrogens with zero attached hydrogens (tertiary/aromatic N) is 5. The van der Waals surface area contributed by atoms with E-state index in [0.717, 1.165) is 14.2 Å². The first-order valence-corrected chi connectivity index (χ1v) is 3.71. The number of hydrogen-bond donors (Lipinski definition) is 0. The molecule has 12 nitrogen and oxygen atoms in total. The lowest BCUT2D eigenvalue weighted by Gasteiger charge is -2.08. The van der Waals surface area contributed by atoms with Crippen LogP contribution in [-0.4, -0.2) is 41.8 Å². The highest BCUT2D eigenvalue weighted by molar-refractivity contribution is 4.32. The fourth-order valence-corrected chi connectivity index (χ4v) is 0.609. The van der Waals surface area contributed by atoms with Crippen molar-refractivity contribution in [1.82, 2.24) is 0 Å². The predicted octanol–water partition coefficient (Wildman–Crippen LogP) is -0.431. The van der Waals surface area contributed by atoms with E-state index in [-0.39, 0.29) is 9.72 Å². The van der Waals surface area contributed by atoms with Gasteiger partial charge in [0.2, 0.25) is 17.2 Å². The number of hydrogen-bond acceptors (Lipinski definition) is 9. The van der Waals surface area contributed by atoms with Gasteiger partial charge in [-0.25, -0.2) is 0 Å².